The van der Waals surface area contributed by atoms with Gasteiger partial charge in [0.15, 0.2) is 11.5 Å². The molecule has 1 aromatic carbocycles. The second-order valence-electron chi connectivity index (χ2n) is 4.21. The molecule has 2 rings (SSSR count). The Morgan fingerprint density at radius 2 is 1.95 bits per heavy atom. The van der Waals surface area contributed by atoms with Gasteiger partial charge in [0.1, 0.15) is 18.1 Å². The maximum absolute atomic E-state index is 5.86. The smallest absolute Gasteiger partial charge is 0.185 e. The van der Waals surface area contributed by atoms with E-state index in [1.54, 1.807) is 26.5 Å². The lowest BCUT2D eigenvalue weighted by molar-refractivity contribution is 0.281. The first-order chi connectivity index (χ1) is 10.2. The van der Waals surface area contributed by atoms with Crippen molar-refractivity contribution in [1.82, 2.24) is 4.98 Å². The summed E-state index contributed by atoms with van der Waals surface area (Å²) in [5.41, 5.74) is 7.31. The van der Waals surface area contributed by atoms with Gasteiger partial charge < -0.3 is 19.9 Å². The summed E-state index contributed by atoms with van der Waals surface area (Å²) >= 11 is 3.47. The van der Waals surface area contributed by atoms with E-state index in [4.69, 9.17) is 19.9 Å². The molecule has 0 unspecified atom stereocenters. The maximum atomic E-state index is 5.86. The van der Waals surface area contributed by atoms with Crippen LogP contribution in [0, 0.1) is 0 Å². The van der Waals surface area contributed by atoms with E-state index in [1.807, 2.05) is 18.2 Å². The van der Waals surface area contributed by atoms with E-state index in [0.717, 1.165) is 10.0 Å². The molecule has 2 N–H and O–H groups in total. The van der Waals surface area contributed by atoms with Crippen molar-refractivity contribution < 1.29 is 14.2 Å². The van der Waals surface area contributed by atoms with Gasteiger partial charge in [-0.05, 0) is 22.0 Å². The van der Waals surface area contributed by atoms with Crippen LogP contribution < -0.4 is 19.9 Å². The van der Waals surface area contributed by atoms with Crippen LogP contribution in [0.15, 0.2) is 34.9 Å². The number of methoxy groups -OCH3 is 2. The zero-order chi connectivity index (χ0) is 15.2. The fourth-order valence-electron chi connectivity index (χ4n) is 1.97. The Kier molecular flexibility index (Phi) is 5.41. The van der Waals surface area contributed by atoms with Crippen LogP contribution in [0.5, 0.6) is 17.2 Å². The van der Waals surface area contributed by atoms with Gasteiger partial charge in [-0.3, -0.25) is 4.98 Å². The van der Waals surface area contributed by atoms with Crippen LogP contribution in [0.1, 0.15) is 11.3 Å². The number of pyridine rings is 1. The first-order valence-corrected chi connectivity index (χ1v) is 7.16. The predicted molar refractivity (Wildman–Crippen MR) is 83.7 cm³/mol. The summed E-state index contributed by atoms with van der Waals surface area (Å²) in [5, 5.41) is 0. The molecule has 2 aromatic rings. The number of rotatable bonds is 6. The minimum Gasteiger partial charge on any atom is -0.493 e. The molecule has 0 aliphatic carbocycles. The Bertz CT molecular complexity index is 620. The van der Waals surface area contributed by atoms with Gasteiger partial charge in [-0.2, -0.15) is 0 Å². The molecule has 5 nitrogen and oxygen atoms in total. The normalized spacial score (nSPS) is 10.3. The van der Waals surface area contributed by atoms with Crippen molar-refractivity contribution in [3.8, 4) is 17.2 Å². The zero-order valence-electron chi connectivity index (χ0n) is 11.9. The van der Waals surface area contributed by atoms with E-state index in [-0.39, 0.29) is 6.61 Å². The van der Waals surface area contributed by atoms with Gasteiger partial charge in [-0.1, -0.05) is 12.1 Å². The largest absolute Gasteiger partial charge is 0.493 e. The van der Waals surface area contributed by atoms with Gasteiger partial charge in [0.25, 0.3) is 0 Å². The number of nitrogens with two attached hydrogens (primary N) is 1. The van der Waals surface area contributed by atoms with Crippen molar-refractivity contribution in [2.75, 3.05) is 14.2 Å². The van der Waals surface area contributed by atoms with E-state index in [9.17, 15) is 0 Å². The van der Waals surface area contributed by atoms with Crippen molar-refractivity contribution in [1.29, 1.82) is 0 Å². The number of nitrogens with zero attached hydrogens (tertiary/aromatic N) is 1. The molecule has 0 fully saturated rings. The van der Waals surface area contributed by atoms with Crippen molar-refractivity contribution in [2.24, 2.45) is 5.73 Å². The van der Waals surface area contributed by atoms with Crippen LogP contribution >= 0.6 is 15.9 Å². The molecule has 0 spiro atoms. The van der Waals surface area contributed by atoms with Crippen LogP contribution in [0.25, 0.3) is 0 Å². The monoisotopic (exact) mass is 352 g/mol. The molecule has 0 aliphatic rings. The quantitative estimate of drug-likeness (QED) is 0.865. The lowest BCUT2D eigenvalue weighted by Crippen LogP contribution is -2.06. The fraction of sp³-hybridized carbons (Fsp3) is 0.267. The lowest BCUT2D eigenvalue weighted by atomic mass is 10.2. The number of aromatic nitrogens is 1. The third-order valence-electron chi connectivity index (χ3n) is 2.99. The van der Waals surface area contributed by atoms with E-state index in [1.165, 1.54) is 0 Å². The van der Waals surface area contributed by atoms with Crippen molar-refractivity contribution >= 4 is 15.9 Å². The Hall–Kier alpha value is -1.79. The van der Waals surface area contributed by atoms with Gasteiger partial charge in [-0.15, -0.1) is 0 Å². The molecule has 1 heterocycles. The highest BCUT2D eigenvalue weighted by Gasteiger charge is 2.13. The first-order valence-electron chi connectivity index (χ1n) is 6.37. The lowest BCUT2D eigenvalue weighted by Gasteiger charge is -2.15. The fourth-order valence-corrected chi connectivity index (χ4v) is 2.49. The van der Waals surface area contributed by atoms with Crippen LogP contribution in [-0.2, 0) is 13.2 Å². The van der Waals surface area contributed by atoms with E-state index in [2.05, 4.69) is 20.9 Å². The van der Waals surface area contributed by atoms with Crippen LogP contribution in [0.3, 0.4) is 0 Å². The number of hydrogen-bond donors (Lipinski definition) is 1. The second kappa shape index (κ2) is 7.28. The Labute approximate surface area is 132 Å². The topological polar surface area (TPSA) is 66.6 Å². The highest BCUT2D eigenvalue weighted by Crippen LogP contribution is 2.32. The number of halogens is 1. The summed E-state index contributed by atoms with van der Waals surface area (Å²) in [6, 6.07) is 7.50. The molecule has 0 radical (unpaired) electrons. The summed E-state index contributed by atoms with van der Waals surface area (Å²) in [6.45, 7) is 0.660. The van der Waals surface area contributed by atoms with Gasteiger partial charge in [-0.25, -0.2) is 0 Å². The Morgan fingerprint density at radius 1 is 1.14 bits per heavy atom. The molecule has 0 saturated heterocycles. The molecular weight excluding hydrogens is 336 g/mol. The minimum absolute atomic E-state index is 0.260. The summed E-state index contributed by atoms with van der Waals surface area (Å²) in [5.74, 6) is 1.91. The molecule has 6 heteroatoms. The van der Waals surface area contributed by atoms with Gasteiger partial charge in [0.05, 0.1) is 18.7 Å². The third kappa shape index (κ3) is 3.46. The zero-order valence-corrected chi connectivity index (χ0v) is 13.5. The number of benzene rings is 1. The standard InChI is InChI=1S/C15H17BrN2O3/c1-19-13-6-7-18-12(15(13)20-2)9-21-14-10(8-17)4-3-5-11(14)16/h3-7H,8-9,17H2,1-2H3. The SMILES string of the molecule is COc1ccnc(COc2c(Br)cccc2CN)c1OC. The molecule has 0 amide bonds. The maximum Gasteiger partial charge on any atom is 0.185 e. The number of ether oxygens (including phenoxy) is 3. The Balaban J connectivity index is 2.25. The van der Waals surface area contributed by atoms with Crippen molar-refractivity contribution in [2.45, 2.75) is 13.2 Å². The Morgan fingerprint density at radius 3 is 2.62 bits per heavy atom. The average molecular weight is 353 g/mol. The molecule has 0 atom stereocenters. The number of para-hydroxylation sites is 1. The van der Waals surface area contributed by atoms with E-state index < -0.39 is 0 Å². The summed E-state index contributed by atoms with van der Waals surface area (Å²) in [7, 11) is 3.16. The molecule has 0 saturated carbocycles. The van der Waals surface area contributed by atoms with Gasteiger partial charge >= 0.3 is 0 Å². The van der Waals surface area contributed by atoms with Crippen LogP contribution in [-0.4, -0.2) is 19.2 Å². The molecule has 0 aliphatic heterocycles. The van der Waals surface area contributed by atoms with E-state index in [0.29, 0.717) is 29.5 Å². The second-order valence-corrected chi connectivity index (χ2v) is 5.07. The molecule has 0 bridgehead atoms. The molecule has 21 heavy (non-hydrogen) atoms. The first kappa shape index (κ1) is 15.6. The highest BCUT2D eigenvalue weighted by molar-refractivity contribution is 9.10. The summed E-state index contributed by atoms with van der Waals surface area (Å²) < 4.78 is 17.3. The summed E-state index contributed by atoms with van der Waals surface area (Å²) in [4.78, 5) is 4.28. The predicted octanol–water partition coefficient (Wildman–Crippen LogP) is 2.90. The molecular formula is C15H17BrN2O3. The highest BCUT2D eigenvalue weighted by atomic mass is 79.9. The molecule has 1 aromatic heterocycles. The van der Waals surface area contributed by atoms with Crippen molar-refractivity contribution in [3.05, 3.63) is 46.2 Å². The average Bonchev–Trinajstić information content (AvgIpc) is 2.52. The van der Waals surface area contributed by atoms with Gasteiger partial charge in [0.2, 0.25) is 0 Å². The molecule has 112 valence electrons. The third-order valence-corrected chi connectivity index (χ3v) is 3.61. The van der Waals surface area contributed by atoms with Crippen LogP contribution in [0.4, 0.5) is 0 Å². The van der Waals surface area contributed by atoms with E-state index >= 15 is 0 Å². The number of hydrogen-bond acceptors (Lipinski definition) is 5. The van der Waals surface area contributed by atoms with Crippen LogP contribution in [0.2, 0.25) is 0 Å². The minimum atomic E-state index is 0.260. The summed E-state index contributed by atoms with van der Waals surface area (Å²) in [6.07, 6.45) is 1.66. The van der Waals surface area contributed by atoms with Crippen molar-refractivity contribution in [3.63, 3.8) is 0 Å². The van der Waals surface area contributed by atoms with Gasteiger partial charge in [0, 0.05) is 24.4 Å².